The Kier molecular flexibility index (Phi) is 7.29. The molecule has 0 spiro atoms. The first-order valence-corrected chi connectivity index (χ1v) is 9.08. The van der Waals surface area contributed by atoms with Crippen LogP contribution in [0.15, 0.2) is 23.3 Å². The molecule has 0 aliphatic carbocycles. The molecule has 1 aromatic heterocycles. The van der Waals surface area contributed by atoms with Crippen LogP contribution in [0.3, 0.4) is 0 Å². The van der Waals surface area contributed by atoms with Crippen LogP contribution in [0, 0.1) is 5.92 Å². The van der Waals surface area contributed by atoms with E-state index < -0.39 is 11.7 Å². The Morgan fingerprint density at radius 2 is 2.11 bits per heavy atom. The van der Waals surface area contributed by atoms with Gasteiger partial charge < -0.3 is 15.4 Å². The zero-order chi connectivity index (χ0) is 20.0. The van der Waals surface area contributed by atoms with Gasteiger partial charge in [0, 0.05) is 44.5 Å². The van der Waals surface area contributed by atoms with E-state index in [2.05, 4.69) is 46.3 Å². The molecule has 2 unspecified atom stereocenters. The summed E-state index contributed by atoms with van der Waals surface area (Å²) in [5.41, 5.74) is -0.793. The van der Waals surface area contributed by atoms with Crippen LogP contribution in [0.25, 0.3) is 0 Å². The molecule has 1 aliphatic heterocycles. The molecule has 152 valence electrons. The first-order valence-electron chi connectivity index (χ1n) is 9.08. The highest BCUT2D eigenvalue weighted by Gasteiger charge is 2.31. The predicted octanol–water partition coefficient (Wildman–Crippen LogP) is 2.37. The van der Waals surface area contributed by atoms with Crippen LogP contribution in [0.5, 0.6) is 5.88 Å². The molecule has 1 fully saturated rings. The number of rotatable bonds is 6. The summed E-state index contributed by atoms with van der Waals surface area (Å²) in [5.74, 6) is 1.35. The second kappa shape index (κ2) is 9.25. The van der Waals surface area contributed by atoms with Crippen molar-refractivity contribution >= 4 is 5.96 Å². The lowest BCUT2D eigenvalue weighted by atomic mass is 10.1. The van der Waals surface area contributed by atoms with E-state index in [0.29, 0.717) is 30.5 Å². The van der Waals surface area contributed by atoms with E-state index >= 15 is 0 Å². The second-order valence-corrected chi connectivity index (χ2v) is 7.01. The number of alkyl halides is 3. The van der Waals surface area contributed by atoms with Crippen LogP contribution < -0.4 is 15.4 Å². The predicted molar refractivity (Wildman–Crippen MR) is 98.9 cm³/mol. The van der Waals surface area contributed by atoms with E-state index in [0.717, 1.165) is 25.4 Å². The summed E-state index contributed by atoms with van der Waals surface area (Å²) in [4.78, 5) is 10.3. The molecule has 0 aromatic carbocycles. The highest BCUT2D eigenvalue weighted by molar-refractivity contribution is 5.80. The zero-order valence-electron chi connectivity index (χ0n) is 16.2. The molecule has 2 rings (SSSR count). The third-order valence-electron chi connectivity index (χ3n) is 4.62. The van der Waals surface area contributed by atoms with Crippen molar-refractivity contribution in [3.8, 4) is 5.88 Å². The van der Waals surface area contributed by atoms with Gasteiger partial charge in [-0.3, -0.25) is 9.89 Å². The van der Waals surface area contributed by atoms with Gasteiger partial charge in [0.05, 0.1) is 12.1 Å². The second-order valence-electron chi connectivity index (χ2n) is 7.01. The molecule has 0 bridgehead atoms. The van der Waals surface area contributed by atoms with E-state index in [4.69, 9.17) is 4.74 Å². The Morgan fingerprint density at radius 1 is 1.37 bits per heavy atom. The molecular weight excluding hydrogens is 359 g/mol. The standard InChI is InChI=1S/C18H28F3N5O/c1-12(2)26-10-13(3)15(11-26)25-17(22-4)23-7-8-27-16-6-5-14(9-24-16)18(19,20)21/h5-6,9,12-13,15H,7-8,10-11H2,1-4H3,(H2,22,23,25). The minimum Gasteiger partial charge on any atom is -0.476 e. The van der Waals surface area contributed by atoms with Gasteiger partial charge in [0.25, 0.3) is 0 Å². The Morgan fingerprint density at radius 3 is 2.63 bits per heavy atom. The molecule has 1 aromatic rings. The van der Waals surface area contributed by atoms with Gasteiger partial charge >= 0.3 is 6.18 Å². The summed E-state index contributed by atoms with van der Waals surface area (Å²) >= 11 is 0. The van der Waals surface area contributed by atoms with Crippen molar-refractivity contribution in [3.05, 3.63) is 23.9 Å². The normalized spacial score (nSPS) is 21.6. The summed E-state index contributed by atoms with van der Waals surface area (Å²) in [6.07, 6.45) is -3.63. The summed E-state index contributed by atoms with van der Waals surface area (Å²) in [6.45, 7) is 9.33. The Bertz CT molecular complexity index is 618. The molecular formula is C18H28F3N5O. The average Bonchev–Trinajstić information content (AvgIpc) is 2.98. The molecule has 9 heteroatoms. The summed E-state index contributed by atoms with van der Waals surface area (Å²) < 4.78 is 42.9. The number of likely N-dealkylation sites (tertiary alicyclic amines) is 1. The number of nitrogens with one attached hydrogen (secondary N) is 2. The number of hydrogen-bond donors (Lipinski definition) is 2. The fourth-order valence-corrected chi connectivity index (χ4v) is 2.94. The van der Waals surface area contributed by atoms with Crippen molar-refractivity contribution < 1.29 is 17.9 Å². The summed E-state index contributed by atoms with van der Waals surface area (Å²) in [7, 11) is 1.70. The molecule has 2 atom stereocenters. The van der Waals surface area contributed by atoms with Crippen molar-refractivity contribution in [1.29, 1.82) is 0 Å². The van der Waals surface area contributed by atoms with E-state index in [1.54, 1.807) is 7.05 Å². The molecule has 0 radical (unpaired) electrons. The Balaban J connectivity index is 1.74. The minimum atomic E-state index is -4.40. The third kappa shape index (κ3) is 6.27. The maximum Gasteiger partial charge on any atom is 0.417 e. The first kappa shape index (κ1) is 21.3. The van der Waals surface area contributed by atoms with Gasteiger partial charge in [-0.25, -0.2) is 4.98 Å². The van der Waals surface area contributed by atoms with E-state index in [1.807, 2.05) is 0 Å². The van der Waals surface area contributed by atoms with E-state index in [1.165, 1.54) is 6.07 Å². The smallest absolute Gasteiger partial charge is 0.417 e. The number of halogens is 3. The lowest BCUT2D eigenvalue weighted by Crippen LogP contribution is -2.47. The van der Waals surface area contributed by atoms with Crippen molar-refractivity contribution in [1.82, 2.24) is 20.5 Å². The van der Waals surface area contributed by atoms with Crippen LogP contribution in [0.1, 0.15) is 26.3 Å². The van der Waals surface area contributed by atoms with E-state index in [-0.39, 0.29) is 12.5 Å². The molecule has 2 N–H and O–H groups in total. The van der Waals surface area contributed by atoms with Crippen LogP contribution >= 0.6 is 0 Å². The molecule has 6 nitrogen and oxygen atoms in total. The number of nitrogens with zero attached hydrogens (tertiary/aromatic N) is 3. The number of aliphatic imine (C=N–C) groups is 1. The SMILES string of the molecule is CN=C(NCCOc1ccc(C(F)(F)F)cn1)NC1CN(C(C)C)CC1C. The first-order chi connectivity index (χ1) is 12.7. The number of hydrogen-bond acceptors (Lipinski definition) is 4. The fourth-order valence-electron chi connectivity index (χ4n) is 2.94. The number of aromatic nitrogens is 1. The lowest BCUT2D eigenvalue weighted by Gasteiger charge is -2.22. The molecule has 1 aliphatic rings. The monoisotopic (exact) mass is 387 g/mol. The maximum absolute atomic E-state index is 12.5. The molecule has 27 heavy (non-hydrogen) atoms. The van der Waals surface area contributed by atoms with Gasteiger partial charge in [-0.05, 0) is 25.8 Å². The molecule has 2 heterocycles. The molecule has 0 saturated carbocycles. The highest BCUT2D eigenvalue weighted by Crippen LogP contribution is 2.29. The lowest BCUT2D eigenvalue weighted by molar-refractivity contribution is -0.137. The number of ether oxygens (including phenoxy) is 1. The number of pyridine rings is 1. The van der Waals surface area contributed by atoms with Crippen molar-refractivity contribution in [2.45, 2.75) is 39.0 Å². The van der Waals surface area contributed by atoms with Gasteiger partial charge in [-0.2, -0.15) is 13.2 Å². The zero-order valence-corrected chi connectivity index (χ0v) is 16.2. The fraction of sp³-hybridized carbons (Fsp3) is 0.667. The van der Waals surface area contributed by atoms with Crippen LogP contribution in [0.4, 0.5) is 13.2 Å². The minimum absolute atomic E-state index is 0.157. The quantitative estimate of drug-likeness (QED) is 0.446. The van der Waals surface area contributed by atoms with Crippen molar-refractivity contribution in [2.24, 2.45) is 10.9 Å². The van der Waals surface area contributed by atoms with E-state index in [9.17, 15) is 13.2 Å². The molecule has 1 saturated heterocycles. The van der Waals surface area contributed by atoms with Crippen LogP contribution in [-0.2, 0) is 6.18 Å². The van der Waals surface area contributed by atoms with Crippen molar-refractivity contribution in [3.63, 3.8) is 0 Å². The highest BCUT2D eigenvalue weighted by atomic mass is 19.4. The Hall–Kier alpha value is -2.03. The Labute approximate surface area is 158 Å². The topological polar surface area (TPSA) is 61.8 Å². The largest absolute Gasteiger partial charge is 0.476 e. The third-order valence-corrected chi connectivity index (χ3v) is 4.62. The van der Waals surface area contributed by atoms with Gasteiger partial charge in [0.1, 0.15) is 6.61 Å². The summed E-state index contributed by atoms with van der Waals surface area (Å²) in [6, 6.07) is 3.00. The van der Waals surface area contributed by atoms with Crippen LogP contribution in [0.2, 0.25) is 0 Å². The number of guanidine groups is 1. The summed E-state index contributed by atoms with van der Waals surface area (Å²) in [5, 5.41) is 6.58. The average molecular weight is 387 g/mol. The van der Waals surface area contributed by atoms with Gasteiger partial charge in [0.15, 0.2) is 5.96 Å². The van der Waals surface area contributed by atoms with Gasteiger partial charge in [-0.15, -0.1) is 0 Å². The van der Waals surface area contributed by atoms with Crippen molar-refractivity contribution in [2.75, 3.05) is 33.3 Å². The van der Waals surface area contributed by atoms with Gasteiger partial charge in [0.2, 0.25) is 5.88 Å². The molecule has 0 amide bonds. The maximum atomic E-state index is 12.5. The van der Waals surface area contributed by atoms with Gasteiger partial charge in [-0.1, -0.05) is 6.92 Å². The van der Waals surface area contributed by atoms with Crippen LogP contribution in [-0.4, -0.2) is 61.2 Å².